The number of fused-ring (bicyclic) bond motifs is 1. The van der Waals surface area contributed by atoms with Gasteiger partial charge in [0.1, 0.15) is 11.9 Å². The van der Waals surface area contributed by atoms with Gasteiger partial charge >= 0.3 is 0 Å². The van der Waals surface area contributed by atoms with Gasteiger partial charge in [-0.15, -0.1) is 0 Å². The first-order valence-electron chi connectivity index (χ1n) is 7.37. The van der Waals surface area contributed by atoms with E-state index in [2.05, 4.69) is 18.8 Å². The molecule has 1 aromatic heterocycles. The molecule has 1 N–H and O–H groups in total. The van der Waals surface area contributed by atoms with Crippen LogP contribution in [0.2, 0.25) is 0 Å². The molecule has 0 aromatic carbocycles. The highest BCUT2D eigenvalue weighted by molar-refractivity contribution is 5.20. The van der Waals surface area contributed by atoms with Crippen LogP contribution in [-0.4, -0.2) is 16.6 Å². The standard InChI is InChI=1S/C15H24N2O2/c1-4-19-13(10(2)3)14-16-12-9-7-5-6-8-11(12)15(18)17-14/h10,13H,4-9H2,1-3H3,(H,16,17,18). The predicted octanol–water partition coefficient (Wildman–Crippen LogP) is 2.77. The SMILES string of the molecule is CCOC(c1nc2c(c(=O)[nH]1)CCCCC2)C(C)C. The predicted molar refractivity (Wildman–Crippen MR) is 75.3 cm³/mol. The number of nitrogens with one attached hydrogen (secondary N) is 1. The van der Waals surface area contributed by atoms with Crippen LogP contribution >= 0.6 is 0 Å². The number of rotatable bonds is 4. The van der Waals surface area contributed by atoms with Crippen LogP contribution in [0.4, 0.5) is 0 Å². The van der Waals surface area contributed by atoms with Crippen LogP contribution in [0, 0.1) is 5.92 Å². The Bertz CT molecular complexity index is 480. The van der Waals surface area contributed by atoms with E-state index in [1.165, 1.54) is 6.42 Å². The Morgan fingerprint density at radius 3 is 2.68 bits per heavy atom. The maximum Gasteiger partial charge on any atom is 0.254 e. The van der Waals surface area contributed by atoms with Crippen molar-refractivity contribution >= 4 is 0 Å². The average Bonchev–Trinajstić information content (AvgIpc) is 2.61. The zero-order chi connectivity index (χ0) is 13.8. The van der Waals surface area contributed by atoms with Gasteiger partial charge in [-0.3, -0.25) is 4.79 Å². The van der Waals surface area contributed by atoms with E-state index in [1.54, 1.807) is 0 Å². The van der Waals surface area contributed by atoms with E-state index in [1.807, 2.05) is 6.92 Å². The Morgan fingerprint density at radius 1 is 1.26 bits per heavy atom. The fourth-order valence-electron chi connectivity index (χ4n) is 2.70. The van der Waals surface area contributed by atoms with Crippen molar-refractivity contribution in [3.63, 3.8) is 0 Å². The molecule has 1 aliphatic rings. The number of nitrogens with zero attached hydrogens (tertiary/aromatic N) is 1. The van der Waals surface area contributed by atoms with Crippen LogP contribution in [0.3, 0.4) is 0 Å². The minimum Gasteiger partial charge on any atom is -0.370 e. The molecule has 0 spiro atoms. The molecule has 1 unspecified atom stereocenters. The summed E-state index contributed by atoms with van der Waals surface area (Å²) >= 11 is 0. The van der Waals surface area contributed by atoms with E-state index in [0.717, 1.165) is 36.9 Å². The largest absolute Gasteiger partial charge is 0.370 e. The monoisotopic (exact) mass is 264 g/mol. The van der Waals surface area contributed by atoms with E-state index in [0.29, 0.717) is 18.3 Å². The first kappa shape index (κ1) is 14.3. The van der Waals surface area contributed by atoms with Crippen LogP contribution < -0.4 is 5.56 Å². The molecule has 0 amide bonds. The number of aromatic amines is 1. The van der Waals surface area contributed by atoms with Crippen molar-refractivity contribution in [2.45, 2.75) is 59.0 Å². The number of hydrogen-bond acceptors (Lipinski definition) is 3. The summed E-state index contributed by atoms with van der Waals surface area (Å²) in [5.74, 6) is 0.995. The summed E-state index contributed by atoms with van der Waals surface area (Å²) in [6, 6.07) is 0. The van der Waals surface area contributed by atoms with Crippen molar-refractivity contribution in [2.75, 3.05) is 6.61 Å². The lowest BCUT2D eigenvalue weighted by molar-refractivity contribution is 0.0228. The van der Waals surface area contributed by atoms with Crippen LogP contribution in [0.15, 0.2) is 4.79 Å². The van der Waals surface area contributed by atoms with Gasteiger partial charge < -0.3 is 9.72 Å². The van der Waals surface area contributed by atoms with E-state index in [-0.39, 0.29) is 11.7 Å². The molecule has 0 bridgehead atoms. The summed E-state index contributed by atoms with van der Waals surface area (Å²) in [6.45, 7) is 6.78. The van der Waals surface area contributed by atoms with E-state index < -0.39 is 0 Å². The van der Waals surface area contributed by atoms with Gasteiger partial charge in [0, 0.05) is 12.2 Å². The lowest BCUT2D eigenvalue weighted by Crippen LogP contribution is -2.24. The highest BCUT2D eigenvalue weighted by Gasteiger charge is 2.22. The molecule has 2 rings (SSSR count). The molecule has 4 heteroatoms. The van der Waals surface area contributed by atoms with Gasteiger partial charge in [0.05, 0.1) is 5.69 Å². The number of H-pyrrole nitrogens is 1. The molecular weight excluding hydrogens is 240 g/mol. The number of aromatic nitrogens is 2. The molecule has 1 atom stereocenters. The van der Waals surface area contributed by atoms with Crippen molar-refractivity contribution in [2.24, 2.45) is 5.92 Å². The first-order valence-corrected chi connectivity index (χ1v) is 7.37. The number of ether oxygens (including phenoxy) is 1. The minimum atomic E-state index is -0.119. The molecule has 19 heavy (non-hydrogen) atoms. The highest BCUT2D eigenvalue weighted by atomic mass is 16.5. The van der Waals surface area contributed by atoms with Gasteiger partial charge in [-0.1, -0.05) is 20.3 Å². The topological polar surface area (TPSA) is 55.0 Å². The van der Waals surface area contributed by atoms with Crippen LogP contribution in [-0.2, 0) is 17.6 Å². The fraction of sp³-hybridized carbons (Fsp3) is 0.733. The zero-order valence-corrected chi connectivity index (χ0v) is 12.2. The molecule has 1 heterocycles. The average molecular weight is 264 g/mol. The molecule has 0 fully saturated rings. The second kappa shape index (κ2) is 6.33. The maximum atomic E-state index is 12.2. The molecule has 0 radical (unpaired) electrons. The summed E-state index contributed by atoms with van der Waals surface area (Å²) in [5, 5.41) is 0. The smallest absolute Gasteiger partial charge is 0.254 e. The lowest BCUT2D eigenvalue weighted by atomic mass is 10.1. The summed E-state index contributed by atoms with van der Waals surface area (Å²) in [6.07, 6.45) is 5.07. The van der Waals surface area contributed by atoms with Gasteiger partial charge in [0.15, 0.2) is 0 Å². The van der Waals surface area contributed by atoms with Gasteiger partial charge in [-0.25, -0.2) is 4.98 Å². The molecular formula is C15H24N2O2. The van der Waals surface area contributed by atoms with Crippen molar-refractivity contribution < 1.29 is 4.74 Å². The summed E-state index contributed by atoms with van der Waals surface area (Å²) in [4.78, 5) is 19.8. The Hall–Kier alpha value is -1.16. The maximum absolute atomic E-state index is 12.2. The molecule has 106 valence electrons. The number of aryl methyl sites for hydroxylation is 1. The van der Waals surface area contributed by atoms with Crippen LogP contribution in [0.5, 0.6) is 0 Å². The molecule has 0 saturated carbocycles. The van der Waals surface area contributed by atoms with Crippen LogP contribution in [0.1, 0.15) is 63.2 Å². The second-order valence-electron chi connectivity index (χ2n) is 5.56. The van der Waals surface area contributed by atoms with Crippen LogP contribution in [0.25, 0.3) is 0 Å². The Kier molecular flexibility index (Phi) is 4.75. The molecule has 1 aliphatic carbocycles. The summed E-state index contributed by atoms with van der Waals surface area (Å²) in [5.41, 5.74) is 1.91. The Balaban J connectivity index is 2.39. The summed E-state index contributed by atoms with van der Waals surface area (Å²) < 4.78 is 5.73. The normalized spacial score (nSPS) is 17.1. The van der Waals surface area contributed by atoms with Crippen molar-refractivity contribution in [3.05, 3.63) is 27.4 Å². The van der Waals surface area contributed by atoms with Crippen molar-refractivity contribution in [3.8, 4) is 0 Å². The van der Waals surface area contributed by atoms with E-state index >= 15 is 0 Å². The van der Waals surface area contributed by atoms with E-state index in [9.17, 15) is 4.79 Å². The van der Waals surface area contributed by atoms with Gasteiger partial charge in [0.25, 0.3) is 5.56 Å². The highest BCUT2D eigenvalue weighted by Crippen LogP contribution is 2.24. The lowest BCUT2D eigenvalue weighted by Gasteiger charge is -2.20. The van der Waals surface area contributed by atoms with Crippen molar-refractivity contribution in [1.82, 2.24) is 9.97 Å². The van der Waals surface area contributed by atoms with Gasteiger partial charge in [-0.05, 0) is 38.5 Å². The van der Waals surface area contributed by atoms with E-state index in [4.69, 9.17) is 9.72 Å². The molecule has 1 aromatic rings. The van der Waals surface area contributed by atoms with Gasteiger partial charge in [-0.2, -0.15) is 0 Å². The Labute approximate surface area is 114 Å². The van der Waals surface area contributed by atoms with Gasteiger partial charge in [0.2, 0.25) is 0 Å². The molecule has 0 saturated heterocycles. The third-order valence-electron chi connectivity index (χ3n) is 3.68. The zero-order valence-electron chi connectivity index (χ0n) is 12.2. The third-order valence-corrected chi connectivity index (χ3v) is 3.68. The van der Waals surface area contributed by atoms with Crippen molar-refractivity contribution in [1.29, 1.82) is 0 Å². The first-order chi connectivity index (χ1) is 9.13. The molecule has 4 nitrogen and oxygen atoms in total. The minimum absolute atomic E-state index is 0.0345. The quantitative estimate of drug-likeness (QED) is 0.851. The Morgan fingerprint density at radius 2 is 2.00 bits per heavy atom. The molecule has 0 aliphatic heterocycles. The number of hydrogen-bond donors (Lipinski definition) is 1. The second-order valence-corrected chi connectivity index (χ2v) is 5.56. The fourth-order valence-corrected chi connectivity index (χ4v) is 2.70. The third kappa shape index (κ3) is 3.24. The summed E-state index contributed by atoms with van der Waals surface area (Å²) in [7, 11) is 0.